The molecule has 0 saturated heterocycles. The van der Waals surface area contributed by atoms with Crippen LogP contribution in [0.2, 0.25) is 0 Å². The summed E-state index contributed by atoms with van der Waals surface area (Å²) in [5.74, 6) is 0.717. The van der Waals surface area contributed by atoms with Crippen molar-refractivity contribution in [1.29, 1.82) is 0 Å². The van der Waals surface area contributed by atoms with Crippen LogP contribution in [0.1, 0.15) is 22.3 Å². The van der Waals surface area contributed by atoms with Crippen LogP contribution >= 0.6 is 11.3 Å². The first kappa shape index (κ1) is 28.8. The minimum absolute atomic E-state index is 0.547. The van der Waals surface area contributed by atoms with E-state index in [1.54, 1.807) is 0 Å². The predicted molar refractivity (Wildman–Crippen MR) is 209 cm³/mol. The van der Waals surface area contributed by atoms with Gasteiger partial charge in [-0.05, 0) is 45.5 Å². The van der Waals surface area contributed by atoms with Crippen LogP contribution in [0.15, 0.2) is 182 Å². The van der Waals surface area contributed by atoms with E-state index in [0.717, 1.165) is 28.1 Å². The molecule has 50 heavy (non-hydrogen) atoms. The number of hydrogen-bond acceptors (Lipinski definition) is 3. The summed E-state index contributed by atoms with van der Waals surface area (Å²) in [6, 6.07) is 65.4. The molecule has 0 atom stereocenters. The zero-order valence-corrected chi connectivity index (χ0v) is 27.9. The fraction of sp³-hybridized carbons (Fsp3) is 0.0213. The Bertz CT molecular complexity index is 2660. The van der Waals surface area contributed by atoms with Gasteiger partial charge in [0.2, 0.25) is 0 Å². The second-order valence-electron chi connectivity index (χ2n) is 12.9. The molecule has 0 radical (unpaired) electrons. The van der Waals surface area contributed by atoms with Crippen LogP contribution in [0.25, 0.3) is 65.2 Å². The van der Waals surface area contributed by atoms with Crippen molar-refractivity contribution < 1.29 is 0 Å². The van der Waals surface area contributed by atoms with E-state index in [-0.39, 0.29) is 0 Å². The van der Waals surface area contributed by atoms with Crippen LogP contribution in [0.5, 0.6) is 0 Å². The van der Waals surface area contributed by atoms with Gasteiger partial charge in [0.15, 0.2) is 5.82 Å². The van der Waals surface area contributed by atoms with Crippen LogP contribution in [0, 0.1) is 0 Å². The number of thiophene rings is 1. The fourth-order valence-corrected chi connectivity index (χ4v) is 9.33. The molecule has 2 heterocycles. The van der Waals surface area contributed by atoms with Crippen LogP contribution < -0.4 is 0 Å². The molecule has 0 aliphatic heterocycles. The molecule has 7 aromatic carbocycles. The maximum Gasteiger partial charge on any atom is 0.160 e. The first-order valence-corrected chi connectivity index (χ1v) is 17.8. The monoisotopic (exact) mass is 654 g/mol. The van der Waals surface area contributed by atoms with Crippen molar-refractivity contribution in [3.8, 4) is 45.0 Å². The Morgan fingerprint density at radius 1 is 0.420 bits per heavy atom. The van der Waals surface area contributed by atoms with E-state index in [9.17, 15) is 0 Å². The third kappa shape index (κ3) is 4.27. The van der Waals surface area contributed by atoms with E-state index >= 15 is 0 Å². The maximum atomic E-state index is 5.41. The highest BCUT2D eigenvalue weighted by Gasteiger charge is 2.47. The topological polar surface area (TPSA) is 25.8 Å². The summed E-state index contributed by atoms with van der Waals surface area (Å²) in [4.78, 5) is 10.7. The Labute approximate surface area is 295 Å². The molecule has 2 aromatic heterocycles. The van der Waals surface area contributed by atoms with Crippen molar-refractivity contribution in [2.45, 2.75) is 5.41 Å². The summed E-state index contributed by atoms with van der Waals surface area (Å²) in [5, 5.41) is 2.54. The molecule has 10 rings (SSSR count). The summed E-state index contributed by atoms with van der Waals surface area (Å²) in [6.45, 7) is 0. The van der Waals surface area contributed by atoms with Crippen LogP contribution in [-0.4, -0.2) is 9.97 Å². The molecule has 0 saturated carbocycles. The molecule has 2 nitrogen and oxygen atoms in total. The standard InChI is InChI=1S/C47H30N2S/c1-4-16-31(17-5-1)46-48-41(30-42(49-46)39-27-15-25-37-35-23-11-13-29-43(35)50-45(37)39)38-26-14-24-36-34-22-10-12-28-40(34)47(44(36)38,32-18-6-2-7-19-32)33-20-8-3-9-21-33/h1-30H. The molecule has 0 spiro atoms. The molecule has 0 unspecified atom stereocenters. The number of rotatable bonds is 5. The molecule has 0 amide bonds. The summed E-state index contributed by atoms with van der Waals surface area (Å²) in [6.07, 6.45) is 0. The lowest BCUT2D eigenvalue weighted by molar-refractivity contribution is 0.769. The number of fused-ring (bicyclic) bond motifs is 6. The Kier molecular flexibility index (Phi) is 6.61. The van der Waals surface area contributed by atoms with Gasteiger partial charge in [-0.2, -0.15) is 0 Å². The first-order chi connectivity index (χ1) is 24.8. The van der Waals surface area contributed by atoms with Gasteiger partial charge >= 0.3 is 0 Å². The van der Waals surface area contributed by atoms with Gasteiger partial charge in [0.05, 0.1) is 16.8 Å². The number of nitrogens with zero attached hydrogens (tertiary/aromatic N) is 2. The Morgan fingerprint density at radius 3 is 1.72 bits per heavy atom. The number of benzene rings is 7. The highest BCUT2D eigenvalue weighted by molar-refractivity contribution is 7.26. The third-order valence-corrected chi connectivity index (χ3v) is 11.4. The summed E-state index contributed by atoms with van der Waals surface area (Å²) in [5.41, 5.74) is 12.0. The van der Waals surface area contributed by atoms with Crippen LogP contribution in [0.3, 0.4) is 0 Å². The second-order valence-corrected chi connectivity index (χ2v) is 13.9. The fourth-order valence-electron chi connectivity index (χ4n) is 8.10. The van der Waals surface area contributed by atoms with E-state index in [4.69, 9.17) is 9.97 Å². The summed E-state index contributed by atoms with van der Waals surface area (Å²) in [7, 11) is 0. The third-order valence-electron chi connectivity index (χ3n) is 10.2. The Balaban J connectivity index is 1.31. The van der Waals surface area contributed by atoms with Gasteiger partial charge in [-0.25, -0.2) is 9.97 Å². The molecular weight excluding hydrogens is 625 g/mol. The van der Waals surface area contributed by atoms with Crippen molar-refractivity contribution in [3.63, 3.8) is 0 Å². The van der Waals surface area contributed by atoms with Crippen molar-refractivity contribution >= 4 is 31.5 Å². The smallest absolute Gasteiger partial charge is 0.160 e. The Hall–Kier alpha value is -6.16. The minimum atomic E-state index is -0.547. The lowest BCUT2D eigenvalue weighted by Gasteiger charge is -2.35. The highest BCUT2D eigenvalue weighted by atomic mass is 32.1. The lowest BCUT2D eigenvalue weighted by atomic mass is 9.66. The van der Waals surface area contributed by atoms with Crippen molar-refractivity contribution in [2.75, 3.05) is 0 Å². The SMILES string of the molecule is c1ccc(-c2nc(-c3cccc4c3C(c3ccccc3)(c3ccccc3)c3ccccc3-4)cc(-c3cccc4c3sc3ccccc34)n2)cc1. The molecule has 1 aliphatic carbocycles. The lowest BCUT2D eigenvalue weighted by Crippen LogP contribution is -2.29. The van der Waals surface area contributed by atoms with E-state index in [0.29, 0.717) is 5.82 Å². The average Bonchev–Trinajstić information content (AvgIpc) is 3.73. The number of hydrogen-bond donors (Lipinski definition) is 0. The van der Waals surface area contributed by atoms with E-state index in [1.165, 1.54) is 53.6 Å². The normalized spacial score (nSPS) is 13.0. The van der Waals surface area contributed by atoms with E-state index in [1.807, 2.05) is 17.4 Å². The predicted octanol–water partition coefficient (Wildman–Crippen LogP) is 12.2. The van der Waals surface area contributed by atoms with Gasteiger partial charge in [0, 0.05) is 36.9 Å². The molecule has 0 fully saturated rings. The van der Waals surface area contributed by atoms with Gasteiger partial charge in [-0.3, -0.25) is 0 Å². The molecule has 0 bridgehead atoms. The Morgan fingerprint density at radius 2 is 0.960 bits per heavy atom. The zero-order valence-electron chi connectivity index (χ0n) is 27.1. The van der Waals surface area contributed by atoms with Gasteiger partial charge < -0.3 is 0 Å². The van der Waals surface area contributed by atoms with Crippen LogP contribution in [-0.2, 0) is 5.41 Å². The van der Waals surface area contributed by atoms with E-state index in [2.05, 4.69) is 176 Å². The van der Waals surface area contributed by atoms with Crippen molar-refractivity contribution in [3.05, 3.63) is 204 Å². The molecule has 234 valence electrons. The van der Waals surface area contributed by atoms with E-state index < -0.39 is 5.41 Å². The first-order valence-electron chi connectivity index (χ1n) is 17.0. The second kappa shape index (κ2) is 11.5. The molecular formula is C47H30N2S. The molecule has 3 heteroatoms. The summed E-state index contributed by atoms with van der Waals surface area (Å²) >= 11 is 1.83. The average molecular weight is 655 g/mol. The summed E-state index contributed by atoms with van der Waals surface area (Å²) < 4.78 is 2.52. The molecule has 0 N–H and O–H groups in total. The molecule has 9 aromatic rings. The van der Waals surface area contributed by atoms with Gasteiger partial charge in [-0.1, -0.05) is 170 Å². The highest BCUT2D eigenvalue weighted by Crippen LogP contribution is 2.58. The van der Waals surface area contributed by atoms with Crippen molar-refractivity contribution in [1.82, 2.24) is 9.97 Å². The van der Waals surface area contributed by atoms with Gasteiger partial charge in [0.25, 0.3) is 0 Å². The van der Waals surface area contributed by atoms with Crippen LogP contribution in [0.4, 0.5) is 0 Å². The quantitative estimate of drug-likeness (QED) is 0.185. The number of aromatic nitrogens is 2. The van der Waals surface area contributed by atoms with Gasteiger partial charge in [0.1, 0.15) is 0 Å². The maximum absolute atomic E-state index is 5.41. The minimum Gasteiger partial charge on any atom is -0.228 e. The van der Waals surface area contributed by atoms with Crippen molar-refractivity contribution in [2.24, 2.45) is 0 Å². The molecule has 1 aliphatic rings. The van der Waals surface area contributed by atoms with Gasteiger partial charge in [-0.15, -0.1) is 11.3 Å². The largest absolute Gasteiger partial charge is 0.228 e. The zero-order chi connectivity index (χ0) is 33.1.